The van der Waals surface area contributed by atoms with E-state index in [-0.39, 0.29) is 0 Å². The van der Waals surface area contributed by atoms with Gasteiger partial charge >= 0.3 is 0 Å². The highest BCUT2D eigenvalue weighted by molar-refractivity contribution is 6.14. The fourth-order valence-corrected chi connectivity index (χ4v) is 12.7. The molecular formula is C82H50N8. The van der Waals surface area contributed by atoms with E-state index in [9.17, 15) is 5.26 Å². The summed E-state index contributed by atoms with van der Waals surface area (Å²) < 4.78 is 4.69. The number of aromatic nitrogens is 6. The molecule has 16 rings (SSSR count). The number of rotatable bonds is 11. The van der Waals surface area contributed by atoms with Gasteiger partial charge in [0.05, 0.1) is 97.2 Å². The fraction of sp³-hybridized carbons (Fsp3) is 0. The molecule has 0 aliphatic heterocycles. The first kappa shape index (κ1) is 52.9. The Morgan fingerprint density at radius 1 is 0.278 bits per heavy atom. The van der Waals surface area contributed by atoms with Crippen LogP contribution in [0.2, 0.25) is 0 Å². The van der Waals surface area contributed by atoms with Crippen LogP contribution in [0, 0.1) is 17.9 Å². The lowest BCUT2D eigenvalue weighted by Gasteiger charge is -2.20. The van der Waals surface area contributed by atoms with Crippen molar-refractivity contribution in [1.82, 2.24) is 29.1 Å². The summed E-state index contributed by atoms with van der Waals surface area (Å²) in [5.41, 5.74) is 22.2. The standard InChI is InChI=1S/C82H50N8/c1-84-63-28-14-27-57(45-63)68-51-82(90-79-48-60(75-35-17-31-71(87-75)55-23-10-4-11-24-55)39-43-66(79)67-44-40-61(49-80(67)90)76-36-18-32-72(88-76)56-25-12-5-13-26-56)81(50-62(68)52-83)89-77-46-58(73-33-15-29-69(85-73)53-19-6-2-7-20-53)37-41-64(77)65-42-38-59(47-78(65)89)74-34-16-30-70(86-74)54-21-8-3-9-22-54/h2-51H. The molecule has 16 aromatic rings. The summed E-state index contributed by atoms with van der Waals surface area (Å²) in [7, 11) is 0. The molecular weight excluding hydrogens is 1100 g/mol. The van der Waals surface area contributed by atoms with E-state index in [0.29, 0.717) is 16.8 Å². The molecule has 0 radical (unpaired) electrons. The Morgan fingerprint density at radius 3 is 0.878 bits per heavy atom. The molecule has 0 atom stereocenters. The largest absolute Gasteiger partial charge is 0.307 e. The smallest absolute Gasteiger partial charge is 0.187 e. The van der Waals surface area contributed by atoms with Crippen molar-refractivity contribution in [1.29, 1.82) is 5.26 Å². The van der Waals surface area contributed by atoms with E-state index in [2.05, 4.69) is 220 Å². The number of benzene rings is 10. The lowest BCUT2D eigenvalue weighted by Crippen LogP contribution is -2.06. The molecule has 6 heterocycles. The van der Waals surface area contributed by atoms with Crippen molar-refractivity contribution in [2.75, 3.05) is 0 Å². The van der Waals surface area contributed by atoms with Crippen molar-refractivity contribution in [2.24, 2.45) is 0 Å². The van der Waals surface area contributed by atoms with Crippen LogP contribution >= 0.6 is 0 Å². The van der Waals surface area contributed by atoms with Gasteiger partial charge in [-0.15, -0.1) is 0 Å². The average Bonchev–Trinajstić information content (AvgIpc) is 1.56. The zero-order valence-electron chi connectivity index (χ0n) is 48.4. The molecule has 10 aromatic carbocycles. The zero-order valence-corrected chi connectivity index (χ0v) is 48.4. The number of hydrogen-bond acceptors (Lipinski definition) is 5. The number of nitriles is 1. The third-order valence-corrected chi connectivity index (χ3v) is 17.0. The van der Waals surface area contributed by atoms with Gasteiger partial charge in [0.1, 0.15) is 0 Å². The van der Waals surface area contributed by atoms with Gasteiger partial charge in [-0.2, -0.15) is 5.26 Å². The minimum absolute atomic E-state index is 0.443. The number of hydrogen-bond donors (Lipinski definition) is 0. The molecule has 0 spiro atoms. The Morgan fingerprint density at radius 2 is 0.567 bits per heavy atom. The molecule has 418 valence electrons. The first-order valence-corrected chi connectivity index (χ1v) is 29.8. The van der Waals surface area contributed by atoms with Crippen LogP contribution in [0.15, 0.2) is 303 Å². The molecule has 0 saturated carbocycles. The minimum atomic E-state index is 0.443. The molecule has 0 saturated heterocycles. The molecule has 0 unspecified atom stereocenters. The summed E-state index contributed by atoms with van der Waals surface area (Å²) in [6, 6.07) is 107. The van der Waals surface area contributed by atoms with Crippen LogP contribution in [0.3, 0.4) is 0 Å². The van der Waals surface area contributed by atoms with Crippen LogP contribution in [0.4, 0.5) is 5.69 Å². The van der Waals surface area contributed by atoms with E-state index in [0.717, 1.165) is 151 Å². The summed E-state index contributed by atoms with van der Waals surface area (Å²) in [6.07, 6.45) is 0. The van der Waals surface area contributed by atoms with E-state index in [4.69, 9.17) is 26.5 Å². The third-order valence-electron chi connectivity index (χ3n) is 17.0. The molecule has 0 bridgehead atoms. The van der Waals surface area contributed by atoms with Gasteiger partial charge in [0.2, 0.25) is 0 Å². The van der Waals surface area contributed by atoms with Crippen molar-refractivity contribution in [3.8, 4) is 119 Å². The van der Waals surface area contributed by atoms with Crippen LogP contribution in [0.5, 0.6) is 0 Å². The number of fused-ring (bicyclic) bond motifs is 6. The van der Waals surface area contributed by atoms with Crippen LogP contribution in [-0.4, -0.2) is 29.1 Å². The van der Waals surface area contributed by atoms with E-state index in [1.54, 1.807) is 6.07 Å². The lowest BCUT2D eigenvalue weighted by atomic mass is 9.97. The predicted octanol–water partition coefficient (Wildman–Crippen LogP) is 20.9. The summed E-state index contributed by atoms with van der Waals surface area (Å²) in [6.45, 7) is 8.13. The maximum absolute atomic E-state index is 11.6. The maximum atomic E-state index is 11.6. The summed E-state index contributed by atoms with van der Waals surface area (Å²) >= 11 is 0. The minimum Gasteiger partial charge on any atom is -0.307 e. The van der Waals surface area contributed by atoms with Crippen molar-refractivity contribution < 1.29 is 0 Å². The molecule has 0 N–H and O–H groups in total. The van der Waals surface area contributed by atoms with E-state index < -0.39 is 0 Å². The quantitative estimate of drug-likeness (QED) is 0.120. The van der Waals surface area contributed by atoms with Crippen LogP contribution in [-0.2, 0) is 0 Å². The van der Waals surface area contributed by atoms with Gasteiger partial charge in [-0.1, -0.05) is 212 Å². The van der Waals surface area contributed by atoms with E-state index >= 15 is 0 Å². The van der Waals surface area contributed by atoms with Gasteiger partial charge in [-0.05, 0) is 96.6 Å². The Balaban J connectivity index is 1.02. The van der Waals surface area contributed by atoms with Crippen molar-refractivity contribution in [2.45, 2.75) is 0 Å². The highest BCUT2D eigenvalue weighted by Crippen LogP contribution is 2.45. The maximum Gasteiger partial charge on any atom is 0.187 e. The highest BCUT2D eigenvalue weighted by Gasteiger charge is 2.25. The second kappa shape index (κ2) is 22.3. The first-order valence-electron chi connectivity index (χ1n) is 29.8. The summed E-state index contributed by atoms with van der Waals surface area (Å²) in [5.74, 6) is 0. The second-order valence-electron chi connectivity index (χ2n) is 22.4. The Bertz CT molecular complexity index is 5280. The van der Waals surface area contributed by atoms with E-state index in [1.807, 2.05) is 97.1 Å². The molecule has 0 aliphatic carbocycles. The Kier molecular flexibility index (Phi) is 13.1. The van der Waals surface area contributed by atoms with Crippen LogP contribution < -0.4 is 0 Å². The fourth-order valence-electron chi connectivity index (χ4n) is 12.7. The molecule has 0 aliphatic rings. The van der Waals surface area contributed by atoms with Gasteiger partial charge in [0.25, 0.3) is 0 Å². The Labute approximate surface area is 519 Å². The van der Waals surface area contributed by atoms with Crippen molar-refractivity contribution >= 4 is 49.3 Å². The molecule has 6 aromatic heterocycles. The Hall–Kier alpha value is -12.6. The van der Waals surface area contributed by atoms with Crippen LogP contribution in [0.1, 0.15) is 5.56 Å². The van der Waals surface area contributed by atoms with Gasteiger partial charge in [0.15, 0.2) is 5.69 Å². The number of pyridine rings is 4. The normalized spacial score (nSPS) is 11.3. The van der Waals surface area contributed by atoms with Gasteiger partial charge in [0, 0.05) is 71.6 Å². The van der Waals surface area contributed by atoms with Gasteiger partial charge in [-0.3, -0.25) is 0 Å². The molecule has 8 heteroatoms. The topological polar surface area (TPSA) is 89.6 Å². The molecule has 90 heavy (non-hydrogen) atoms. The second-order valence-corrected chi connectivity index (χ2v) is 22.4. The molecule has 8 nitrogen and oxygen atoms in total. The third kappa shape index (κ3) is 9.51. The van der Waals surface area contributed by atoms with Gasteiger partial charge < -0.3 is 9.13 Å². The summed E-state index contributed by atoms with van der Waals surface area (Å²) in [4.78, 5) is 25.1. The van der Waals surface area contributed by atoms with Gasteiger partial charge in [-0.25, -0.2) is 24.8 Å². The van der Waals surface area contributed by atoms with E-state index in [1.165, 1.54) is 0 Å². The highest BCUT2D eigenvalue weighted by atomic mass is 15.1. The van der Waals surface area contributed by atoms with Crippen LogP contribution in [0.25, 0.3) is 161 Å². The average molecular weight is 1150 g/mol. The lowest BCUT2D eigenvalue weighted by molar-refractivity contribution is 1.09. The monoisotopic (exact) mass is 1150 g/mol. The van der Waals surface area contributed by atoms with Crippen molar-refractivity contribution in [3.05, 3.63) is 320 Å². The first-order chi connectivity index (χ1) is 44.5. The zero-order chi connectivity index (χ0) is 60.1. The number of nitrogens with zero attached hydrogens (tertiary/aromatic N) is 8. The molecule has 0 fully saturated rings. The SMILES string of the molecule is [C-]#[N+]c1cccc(-c2cc(-n3c4cc(-c5cccc(-c6ccccc6)n5)ccc4c4ccc(-c5cccc(-c6ccccc6)n5)cc43)c(-n3c4cc(-c5cccc(-c6ccccc6)n5)ccc4c4ccc(-c5cccc(-c6ccccc6)n5)cc43)cc2C#N)c1. The van der Waals surface area contributed by atoms with Crippen molar-refractivity contribution in [3.63, 3.8) is 0 Å². The summed E-state index contributed by atoms with van der Waals surface area (Å²) in [5, 5.41) is 15.7. The predicted molar refractivity (Wildman–Crippen MR) is 366 cm³/mol. The molecule has 0 amide bonds.